The van der Waals surface area contributed by atoms with E-state index in [1.807, 2.05) is 27.7 Å². The molecule has 0 fully saturated rings. The minimum Gasteiger partial charge on any atom is -0.358 e. The largest absolute Gasteiger partial charge is 0.358 e. The van der Waals surface area contributed by atoms with E-state index >= 15 is 0 Å². The average molecular weight is 243 g/mol. The van der Waals surface area contributed by atoms with Crippen LogP contribution in [0, 0.1) is 12.7 Å². The molecule has 1 aromatic heterocycles. The van der Waals surface area contributed by atoms with Crippen LogP contribution in [0.3, 0.4) is 0 Å². The number of likely N-dealkylation sites (N-methyl/N-ethyl adjacent to an activating group) is 1. The molecule has 0 unspecified atom stereocenters. The predicted molar refractivity (Wildman–Crippen MR) is 66.4 cm³/mol. The number of nitrogens with zero attached hydrogens (tertiary/aromatic N) is 2. The van der Waals surface area contributed by atoms with Crippen molar-refractivity contribution < 1.29 is 9.18 Å². The maximum absolute atomic E-state index is 13.6. The van der Waals surface area contributed by atoms with Crippen molar-refractivity contribution in [2.24, 2.45) is 0 Å². The van der Waals surface area contributed by atoms with E-state index < -0.39 is 0 Å². The highest BCUT2D eigenvalue weighted by Crippen LogP contribution is 2.20. The Morgan fingerprint density at radius 3 is 2.41 bits per heavy atom. The highest BCUT2D eigenvalue weighted by molar-refractivity contribution is 5.75. The molecule has 0 aliphatic heterocycles. The van der Waals surface area contributed by atoms with Gasteiger partial charge in [0, 0.05) is 7.05 Å². The van der Waals surface area contributed by atoms with Crippen molar-refractivity contribution in [2.75, 3.05) is 7.05 Å². The molecule has 1 rings (SSSR count). The summed E-state index contributed by atoms with van der Waals surface area (Å²) in [4.78, 5) is 11.2. The number of hydrogen-bond donors (Lipinski definition) is 1. The molecule has 0 bridgehead atoms. The first kappa shape index (κ1) is 15.6. The normalized spacial score (nSPS) is 9.88. The predicted octanol–water partition coefficient (Wildman–Crippen LogP) is 2.23. The molecule has 4 nitrogen and oxygen atoms in total. The van der Waals surface area contributed by atoms with Gasteiger partial charge >= 0.3 is 0 Å². The second-order valence-corrected chi connectivity index (χ2v) is 3.77. The molecule has 0 atom stereocenters. The highest BCUT2D eigenvalue weighted by Gasteiger charge is 2.18. The second kappa shape index (κ2) is 7.04. The zero-order valence-electron chi connectivity index (χ0n) is 11.5. The van der Waals surface area contributed by atoms with Crippen molar-refractivity contribution >= 4 is 5.91 Å². The van der Waals surface area contributed by atoms with Gasteiger partial charge in [-0.25, -0.2) is 4.39 Å². The van der Waals surface area contributed by atoms with Gasteiger partial charge in [0.1, 0.15) is 6.54 Å². The summed E-state index contributed by atoms with van der Waals surface area (Å²) in [6.45, 7) is 9.41. The number of aryl methyl sites for hydroxylation is 1. The first-order valence-electron chi connectivity index (χ1n) is 5.90. The van der Waals surface area contributed by atoms with Crippen molar-refractivity contribution in [1.29, 1.82) is 0 Å². The number of carbonyl (C=O) groups is 1. The van der Waals surface area contributed by atoms with Crippen molar-refractivity contribution in [2.45, 2.75) is 47.1 Å². The van der Waals surface area contributed by atoms with Gasteiger partial charge in [-0.05, 0) is 12.8 Å². The topological polar surface area (TPSA) is 46.9 Å². The zero-order valence-corrected chi connectivity index (χ0v) is 11.5. The van der Waals surface area contributed by atoms with E-state index in [0.717, 1.165) is 0 Å². The molecule has 0 aromatic carbocycles. The number of hydrogen-bond acceptors (Lipinski definition) is 2. The summed E-state index contributed by atoms with van der Waals surface area (Å²) >= 11 is 0. The van der Waals surface area contributed by atoms with E-state index in [0.29, 0.717) is 11.4 Å². The minimum atomic E-state index is -0.311. The second-order valence-electron chi connectivity index (χ2n) is 3.77. The number of nitrogens with one attached hydrogen (secondary N) is 1. The van der Waals surface area contributed by atoms with Gasteiger partial charge in [0.2, 0.25) is 5.91 Å². The average Bonchev–Trinajstić information content (AvgIpc) is 2.57. The molecule has 0 spiro atoms. The summed E-state index contributed by atoms with van der Waals surface area (Å²) < 4.78 is 15.0. The van der Waals surface area contributed by atoms with Gasteiger partial charge in [-0.2, -0.15) is 5.10 Å². The molecule has 0 saturated heterocycles. The van der Waals surface area contributed by atoms with Gasteiger partial charge in [-0.3, -0.25) is 9.48 Å². The Kier molecular flexibility index (Phi) is 6.46. The van der Waals surface area contributed by atoms with Crippen LogP contribution in [0.1, 0.15) is 45.0 Å². The lowest BCUT2D eigenvalue weighted by Gasteiger charge is -2.08. The molecule has 5 heteroatoms. The summed E-state index contributed by atoms with van der Waals surface area (Å²) in [7, 11) is 1.55. The number of amides is 1. The van der Waals surface area contributed by atoms with Gasteiger partial charge in [0.15, 0.2) is 5.82 Å². The fourth-order valence-electron chi connectivity index (χ4n) is 1.46. The smallest absolute Gasteiger partial charge is 0.241 e. The molecule has 1 amide bonds. The van der Waals surface area contributed by atoms with Crippen LogP contribution in [0.25, 0.3) is 0 Å². The number of rotatable bonds is 3. The Bertz CT molecular complexity index is 372. The van der Waals surface area contributed by atoms with E-state index in [2.05, 4.69) is 10.4 Å². The van der Waals surface area contributed by atoms with Crippen molar-refractivity contribution in [1.82, 2.24) is 15.1 Å². The minimum absolute atomic E-state index is 0.0101. The van der Waals surface area contributed by atoms with Gasteiger partial charge < -0.3 is 5.32 Å². The van der Waals surface area contributed by atoms with Gasteiger partial charge in [0.05, 0.1) is 11.4 Å². The van der Waals surface area contributed by atoms with E-state index in [9.17, 15) is 9.18 Å². The zero-order chi connectivity index (χ0) is 13.6. The van der Waals surface area contributed by atoms with Crippen LogP contribution in [-0.2, 0) is 11.3 Å². The first-order valence-corrected chi connectivity index (χ1v) is 5.90. The third-order valence-corrected chi connectivity index (χ3v) is 2.21. The Morgan fingerprint density at radius 2 is 2.00 bits per heavy atom. The maximum atomic E-state index is 13.6. The molecular formula is C12H22FN3O. The van der Waals surface area contributed by atoms with Crippen LogP contribution in [0.15, 0.2) is 0 Å². The third-order valence-electron chi connectivity index (χ3n) is 2.21. The molecule has 0 radical (unpaired) electrons. The standard InChI is InChI=1S/C10H16FN3O.C2H6/c1-6(2)10-9(11)7(3)13-14(10)5-8(15)12-4;1-2/h6H,5H2,1-4H3,(H,12,15);1-2H3. The third kappa shape index (κ3) is 3.84. The van der Waals surface area contributed by atoms with Crippen LogP contribution in [0.2, 0.25) is 0 Å². The monoisotopic (exact) mass is 243 g/mol. The lowest BCUT2D eigenvalue weighted by Crippen LogP contribution is -2.25. The SMILES string of the molecule is CC.CNC(=O)Cn1nc(C)c(F)c1C(C)C. The lowest BCUT2D eigenvalue weighted by molar-refractivity contribution is -0.121. The Morgan fingerprint density at radius 1 is 1.47 bits per heavy atom. The Labute approximate surface area is 102 Å². The van der Waals surface area contributed by atoms with Crippen LogP contribution in [0.5, 0.6) is 0 Å². The molecule has 1 N–H and O–H groups in total. The van der Waals surface area contributed by atoms with Crippen molar-refractivity contribution in [3.63, 3.8) is 0 Å². The van der Waals surface area contributed by atoms with Crippen LogP contribution < -0.4 is 5.32 Å². The molecule has 1 heterocycles. The summed E-state index contributed by atoms with van der Waals surface area (Å²) in [5.41, 5.74) is 0.818. The van der Waals surface area contributed by atoms with Crippen LogP contribution >= 0.6 is 0 Å². The summed E-state index contributed by atoms with van der Waals surface area (Å²) in [6.07, 6.45) is 0. The number of halogens is 1. The van der Waals surface area contributed by atoms with Crippen LogP contribution in [-0.4, -0.2) is 22.7 Å². The quantitative estimate of drug-likeness (QED) is 0.885. The first-order chi connectivity index (χ1) is 7.97. The van der Waals surface area contributed by atoms with E-state index in [4.69, 9.17) is 0 Å². The van der Waals surface area contributed by atoms with Gasteiger partial charge in [0.25, 0.3) is 0 Å². The number of aromatic nitrogens is 2. The molecular weight excluding hydrogens is 221 g/mol. The lowest BCUT2D eigenvalue weighted by atomic mass is 10.1. The van der Waals surface area contributed by atoms with Crippen molar-refractivity contribution in [3.05, 3.63) is 17.2 Å². The molecule has 1 aromatic rings. The van der Waals surface area contributed by atoms with Gasteiger partial charge in [-0.1, -0.05) is 27.7 Å². The van der Waals surface area contributed by atoms with Gasteiger partial charge in [-0.15, -0.1) is 0 Å². The van der Waals surface area contributed by atoms with Crippen LogP contribution in [0.4, 0.5) is 4.39 Å². The fourth-order valence-corrected chi connectivity index (χ4v) is 1.46. The number of carbonyl (C=O) groups excluding carboxylic acids is 1. The van der Waals surface area contributed by atoms with E-state index in [1.165, 1.54) is 4.68 Å². The fraction of sp³-hybridized carbons (Fsp3) is 0.667. The molecule has 98 valence electrons. The molecule has 0 aliphatic carbocycles. The summed E-state index contributed by atoms with van der Waals surface area (Å²) in [5, 5.41) is 6.49. The molecule has 0 saturated carbocycles. The Balaban J connectivity index is 0.00000121. The van der Waals surface area contributed by atoms with E-state index in [1.54, 1.807) is 14.0 Å². The summed E-state index contributed by atoms with van der Waals surface area (Å²) in [5.74, 6) is -0.482. The molecule has 17 heavy (non-hydrogen) atoms. The molecule has 0 aliphatic rings. The summed E-state index contributed by atoms with van der Waals surface area (Å²) in [6, 6.07) is 0. The van der Waals surface area contributed by atoms with Crippen molar-refractivity contribution in [3.8, 4) is 0 Å². The Hall–Kier alpha value is -1.39. The highest BCUT2D eigenvalue weighted by atomic mass is 19.1. The maximum Gasteiger partial charge on any atom is 0.241 e. The van der Waals surface area contributed by atoms with E-state index in [-0.39, 0.29) is 24.2 Å².